The number of rotatable bonds is 5. The molecule has 0 N–H and O–H groups in total. The van der Waals surface area contributed by atoms with Gasteiger partial charge < -0.3 is 14.0 Å². The van der Waals surface area contributed by atoms with Crippen molar-refractivity contribution in [3.8, 4) is 11.3 Å². The van der Waals surface area contributed by atoms with Gasteiger partial charge in [-0.05, 0) is 31.4 Å². The van der Waals surface area contributed by atoms with Gasteiger partial charge in [-0.2, -0.15) is 0 Å². The molecule has 1 saturated heterocycles. The molecular formula is C23H25N3O2. The van der Waals surface area contributed by atoms with E-state index in [0.29, 0.717) is 18.7 Å². The Bertz CT molecular complexity index is 986. The lowest BCUT2D eigenvalue weighted by molar-refractivity contribution is -0.0497. The van der Waals surface area contributed by atoms with E-state index in [0.717, 1.165) is 36.2 Å². The average molecular weight is 375 g/mol. The first-order valence-corrected chi connectivity index (χ1v) is 9.64. The highest BCUT2D eigenvalue weighted by molar-refractivity contribution is 5.94. The Morgan fingerprint density at radius 2 is 1.93 bits per heavy atom. The van der Waals surface area contributed by atoms with Crippen LogP contribution in [0, 0.1) is 0 Å². The number of carbonyl (C=O) groups excluding carboxylic acids is 1. The quantitative estimate of drug-likeness (QED) is 0.628. The highest BCUT2D eigenvalue weighted by Crippen LogP contribution is 2.30. The van der Waals surface area contributed by atoms with Crippen molar-refractivity contribution >= 4 is 11.6 Å². The molecule has 5 nitrogen and oxygen atoms in total. The maximum Gasteiger partial charge on any atom is 0.255 e. The molecule has 144 valence electrons. The van der Waals surface area contributed by atoms with Gasteiger partial charge in [-0.3, -0.25) is 4.79 Å². The summed E-state index contributed by atoms with van der Waals surface area (Å²) >= 11 is 0. The summed E-state index contributed by atoms with van der Waals surface area (Å²) in [6.45, 7) is 5.22. The van der Waals surface area contributed by atoms with Crippen molar-refractivity contribution in [2.24, 2.45) is 0 Å². The first-order valence-electron chi connectivity index (χ1n) is 9.64. The summed E-state index contributed by atoms with van der Waals surface area (Å²) in [5.41, 5.74) is 3.29. The zero-order valence-electron chi connectivity index (χ0n) is 16.2. The van der Waals surface area contributed by atoms with Crippen LogP contribution in [0.25, 0.3) is 16.9 Å². The largest absolute Gasteiger partial charge is 0.378 e. The fourth-order valence-electron chi connectivity index (χ4n) is 3.92. The Labute approximate surface area is 165 Å². The van der Waals surface area contributed by atoms with Crippen LogP contribution in [0.2, 0.25) is 0 Å². The number of piperidine rings is 1. The lowest BCUT2D eigenvalue weighted by Gasteiger charge is -2.40. The Morgan fingerprint density at radius 1 is 1.18 bits per heavy atom. The molecule has 1 aliphatic heterocycles. The van der Waals surface area contributed by atoms with E-state index in [1.54, 1.807) is 7.11 Å². The molecule has 0 atom stereocenters. The third kappa shape index (κ3) is 3.45. The van der Waals surface area contributed by atoms with Crippen LogP contribution < -0.4 is 0 Å². The van der Waals surface area contributed by atoms with E-state index >= 15 is 0 Å². The number of pyridine rings is 1. The zero-order chi connectivity index (χ0) is 19.6. The molecule has 5 heteroatoms. The smallest absolute Gasteiger partial charge is 0.255 e. The van der Waals surface area contributed by atoms with Crippen molar-refractivity contribution in [1.29, 1.82) is 0 Å². The van der Waals surface area contributed by atoms with E-state index in [1.807, 2.05) is 70.2 Å². The van der Waals surface area contributed by atoms with Crippen LogP contribution in [-0.4, -0.2) is 46.0 Å². The van der Waals surface area contributed by atoms with Gasteiger partial charge >= 0.3 is 0 Å². The van der Waals surface area contributed by atoms with Crippen molar-refractivity contribution in [2.75, 3.05) is 20.2 Å². The molecule has 0 aliphatic carbocycles. The van der Waals surface area contributed by atoms with E-state index in [9.17, 15) is 4.79 Å². The van der Waals surface area contributed by atoms with Crippen LogP contribution in [-0.2, 0) is 4.74 Å². The molecule has 0 spiro atoms. The number of aromatic nitrogens is 2. The number of hydrogen-bond acceptors (Lipinski definition) is 3. The fraction of sp³-hybridized carbons (Fsp3) is 0.304. The third-order valence-corrected chi connectivity index (χ3v) is 5.68. The number of carbonyl (C=O) groups is 1. The summed E-state index contributed by atoms with van der Waals surface area (Å²) < 4.78 is 7.66. The van der Waals surface area contributed by atoms with Gasteiger partial charge in [-0.25, -0.2) is 4.98 Å². The molecule has 0 radical (unpaired) electrons. The standard InChI is InChI=1S/C23H25N3O2/c1-3-11-23(28-2)12-14-25(15-13-23)22(27)19-9-10-21-24-20(17-26(21)16-19)18-7-5-4-6-8-18/h3-10,16-17H,1,11-15H2,2H3. The Morgan fingerprint density at radius 3 is 2.61 bits per heavy atom. The number of amides is 1. The van der Waals surface area contributed by atoms with E-state index in [4.69, 9.17) is 4.74 Å². The molecule has 1 amide bonds. The van der Waals surface area contributed by atoms with Crippen LogP contribution in [0.3, 0.4) is 0 Å². The predicted molar refractivity (Wildman–Crippen MR) is 110 cm³/mol. The van der Waals surface area contributed by atoms with E-state index < -0.39 is 0 Å². The number of methoxy groups -OCH3 is 1. The van der Waals surface area contributed by atoms with Crippen LogP contribution >= 0.6 is 0 Å². The number of hydrogen-bond donors (Lipinski definition) is 0. The molecule has 0 bridgehead atoms. The summed E-state index contributed by atoms with van der Waals surface area (Å²) in [5, 5.41) is 0. The molecule has 4 rings (SSSR count). The Hall–Kier alpha value is -2.92. The molecule has 1 fully saturated rings. The number of imidazole rings is 1. The molecule has 1 aromatic carbocycles. The second kappa shape index (κ2) is 7.60. The summed E-state index contributed by atoms with van der Waals surface area (Å²) in [4.78, 5) is 19.6. The topological polar surface area (TPSA) is 46.8 Å². The van der Waals surface area contributed by atoms with Gasteiger partial charge in [0.1, 0.15) is 5.65 Å². The van der Waals surface area contributed by atoms with Crippen LogP contribution in [0.1, 0.15) is 29.6 Å². The Kier molecular flexibility index (Phi) is 5.01. The first kappa shape index (κ1) is 18.4. The van der Waals surface area contributed by atoms with Crippen LogP contribution in [0.5, 0.6) is 0 Å². The van der Waals surface area contributed by atoms with Crippen molar-refractivity contribution in [1.82, 2.24) is 14.3 Å². The van der Waals surface area contributed by atoms with Gasteiger partial charge in [-0.15, -0.1) is 6.58 Å². The third-order valence-electron chi connectivity index (χ3n) is 5.68. The van der Waals surface area contributed by atoms with Crippen molar-refractivity contribution < 1.29 is 9.53 Å². The molecule has 2 aromatic heterocycles. The second-order valence-electron chi connectivity index (χ2n) is 7.35. The van der Waals surface area contributed by atoms with Crippen molar-refractivity contribution in [3.63, 3.8) is 0 Å². The minimum atomic E-state index is -0.183. The van der Waals surface area contributed by atoms with Crippen molar-refractivity contribution in [3.05, 3.63) is 73.1 Å². The van der Waals surface area contributed by atoms with E-state index in [1.165, 1.54) is 0 Å². The minimum Gasteiger partial charge on any atom is -0.378 e. The maximum absolute atomic E-state index is 13.0. The zero-order valence-corrected chi connectivity index (χ0v) is 16.2. The Balaban J connectivity index is 1.53. The van der Waals surface area contributed by atoms with Gasteiger partial charge in [0.2, 0.25) is 0 Å². The predicted octanol–water partition coefficient (Wildman–Crippen LogP) is 4.20. The van der Waals surface area contributed by atoms with Gasteiger partial charge in [0.25, 0.3) is 5.91 Å². The minimum absolute atomic E-state index is 0.0557. The van der Waals surface area contributed by atoms with Crippen molar-refractivity contribution in [2.45, 2.75) is 24.9 Å². The molecule has 0 unspecified atom stereocenters. The van der Waals surface area contributed by atoms with E-state index in [-0.39, 0.29) is 11.5 Å². The highest BCUT2D eigenvalue weighted by Gasteiger charge is 2.35. The highest BCUT2D eigenvalue weighted by atomic mass is 16.5. The molecule has 1 aliphatic rings. The monoisotopic (exact) mass is 375 g/mol. The van der Waals surface area contributed by atoms with Gasteiger partial charge in [0.15, 0.2) is 0 Å². The number of ether oxygens (including phenoxy) is 1. The van der Waals surface area contributed by atoms with Crippen LogP contribution in [0.15, 0.2) is 67.5 Å². The van der Waals surface area contributed by atoms with Crippen LogP contribution in [0.4, 0.5) is 0 Å². The first-order chi connectivity index (χ1) is 13.6. The normalized spacial score (nSPS) is 16.2. The molecule has 0 saturated carbocycles. The SMILES string of the molecule is C=CCC1(OC)CCN(C(=O)c2ccc3nc(-c4ccccc4)cn3c2)CC1. The van der Waals surface area contributed by atoms with Gasteiger partial charge in [-0.1, -0.05) is 36.4 Å². The number of likely N-dealkylation sites (tertiary alicyclic amines) is 1. The summed E-state index contributed by atoms with van der Waals surface area (Å²) in [7, 11) is 1.75. The molecule has 3 aromatic rings. The average Bonchev–Trinajstić information content (AvgIpc) is 3.18. The number of benzene rings is 1. The molecule has 28 heavy (non-hydrogen) atoms. The summed E-state index contributed by atoms with van der Waals surface area (Å²) in [5.74, 6) is 0.0557. The van der Waals surface area contributed by atoms with Gasteiger partial charge in [0.05, 0.1) is 16.9 Å². The molecular weight excluding hydrogens is 350 g/mol. The summed E-state index contributed by atoms with van der Waals surface area (Å²) in [6, 6.07) is 13.8. The molecule has 3 heterocycles. The lowest BCUT2D eigenvalue weighted by atomic mass is 9.87. The summed E-state index contributed by atoms with van der Waals surface area (Å²) in [6.07, 6.45) is 8.21. The number of fused-ring (bicyclic) bond motifs is 1. The lowest BCUT2D eigenvalue weighted by Crippen LogP contribution is -2.47. The second-order valence-corrected chi connectivity index (χ2v) is 7.35. The van der Waals surface area contributed by atoms with E-state index in [2.05, 4.69) is 11.6 Å². The maximum atomic E-state index is 13.0. The fourth-order valence-corrected chi connectivity index (χ4v) is 3.92. The van der Waals surface area contributed by atoms with Gasteiger partial charge in [0, 0.05) is 38.2 Å². The number of nitrogens with zero attached hydrogens (tertiary/aromatic N) is 3.